The zero-order valence-electron chi connectivity index (χ0n) is 13.4. The van der Waals surface area contributed by atoms with E-state index in [0.717, 1.165) is 5.56 Å². The van der Waals surface area contributed by atoms with Gasteiger partial charge >= 0.3 is 0 Å². The molecule has 0 aliphatic rings. The molecule has 0 saturated carbocycles. The van der Waals surface area contributed by atoms with Gasteiger partial charge in [0, 0.05) is 12.2 Å². The van der Waals surface area contributed by atoms with Gasteiger partial charge in [0.05, 0.1) is 11.9 Å². The Morgan fingerprint density at radius 2 is 1.79 bits per heavy atom. The zero-order valence-corrected chi connectivity index (χ0v) is 14.2. The second-order valence-corrected chi connectivity index (χ2v) is 7.13. The Morgan fingerprint density at radius 1 is 1.08 bits per heavy atom. The first-order chi connectivity index (χ1) is 11.5. The van der Waals surface area contributed by atoms with Gasteiger partial charge in [0.25, 0.3) is 0 Å². The Morgan fingerprint density at radius 3 is 2.46 bits per heavy atom. The fourth-order valence-electron chi connectivity index (χ4n) is 2.47. The minimum absolute atomic E-state index is 0.149. The van der Waals surface area contributed by atoms with E-state index in [1.807, 2.05) is 43.3 Å². The predicted molar refractivity (Wildman–Crippen MR) is 91.3 cm³/mol. The number of hydrogen-bond donors (Lipinski definition) is 1. The molecular formula is C17H18N4O2S. The molecule has 1 aromatic carbocycles. The minimum atomic E-state index is -3.69. The third-order valence-electron chi connectivity index (χ3n) is 3.75. The summed E-state index contributed by atoms with van der Waals surface area (Å²) in [6.07, 6.45) is 2.99. The molecule has 6 nitrogen and oxygen atoms in total. The Bertz CT molecular complexity index is 922. The first-order valence-corrected chi connectivity index (χ1v) is 9.00. The molecule has 0 spiro atoms. The van der Waals surface area contributed by atoms with Gasteiger partial charge in [-0.2, -0.15) is 5.10 Å². The molecule has 2 heterocycles. The number of sulfonamides is 1. The van der Waals surface area contributed by atoms with Crippen LogP contribution in [0.5, 0.6) is 0 Å². The van der Waals surface area contributed by atoms with E-state index in [2.05, 4.69) is 14.8 Å². The van der Waals surface area contributed by atoms with Crippen LogP contribution in [-0.4, -0.2) is 23.2 Å². The number of aromatic nitrogens is 3. The summed E-state index contributed by atoms with van der Waals surface area (Å²) >= 11 is 0. The molecule has 0 amide bonds. The largest absolute Gasteiger partial charge is 0.244 e. The van der Waals surface area contributed by atoms with Crippen LogP contribution in [0.15, 0.2) is 65.8 Å². The zero-order chi connectivity index (χ0) is 17.2. The maximum absolute atomic E-state index is 12.7. The first-order valence-electron chi connectivity index (χ1n) is 7.52. The number of benzene rings is 1. The van der Waals surface area contributed by atoms with Gasteiger partial charge in [-0.25, -0.2) is 22.8 Å². The van der Waals surface area contributed by atoms with Crippen molar-refractivity contribution in [2.75, 3.05) is 0 Å². The van der Waals surface area contributed by atoms with Gasteiger partial charge < -0.3 is 0 Å². The number of nitrogens with zero attached hydrogens (tertiary/aromatic N) is 3. The molecule has 0 radical (unpaired) electrons. The molecule has 1 N–H and O–H groups in total. The van der Waals surface area contributed by atoms with E-state index in [1.165, 1.54) is 10.9 Å². The maximum atomic E-state index is 12.7. The summed E-state index contributed by atoms with van der Waals surface area (Å²) in [7, 11) is -3.69. The van der Waals surface area contributed by atoms with Crippen molar-refractivity contribution in [3.8, 4) is 5.82 Å². The molecule has 0 aliphatic carbocycles. The number of nitrogens with one attached hydrogen (secondary N) is 1. The van der Waals surface area contributed by atoms with E-state index in [0.29, 0.717) is 11.5 Å². The van der Waals surface area contributed by atoms with Gasteiger partial charge in [-0.05, 0) is 31.5 Å². The van der Waals surface area contributed by atoms with E-state index < -0.39 is 10.0 Å². The molecule has 2 aromatic heterocycles. The van der Waals surface area contributed by atoms with Crippen molar-refractivity contribution in [2.24, 2.45) is 0 Å². The van der Waals surface area contributed by atoms with Gasteiger partial charge in [-0.15, -0.1) is 0 Å². The van der Waals surface area contributed by atoms with E-state index in [4.69, 9.17) is 0 Å². The third kappa shape index (κ3) is 3.22. The van der Waals surface area contributed by atoms with Crippen LogP contribution in [0.4, 0.5) is 0 Å². The van der Waals surface area contributed by atoms with Gasteiger partial charge in [0.1, 0.15) is 4.90 Å². The van der Waals surface area contributed by atoms with Crippen LogP contribution in [0, 0.1) is 6.92 Å². The molecule has 1 unspecified atom stereocenters. The number of hydrogen-bond acceptors (Lipinski definition) is 4. The second kappa shape index (κ2) is 6.54. The lowest BCUT2D eigenvalue weighted by Gasteiger charge is -2.14. The Hall–Kier alpha value is -2.51. The molecule has 3 rings (SSSR count). The fourth-order valence-corrected chi connectivity index (χ4v) is 3.86. The quantitative estimate of drug-likeness (QED) is 0.773. The Kier molecular flexibility index (Phi) is 4.46. The van der Waals surface area contributed by atoms with Crippen molar-refractivity contribution in [3.63, 3.8) is 0 Å². The molecule has 24 heavy (non-hydrogen) atoms. The third-order valence-corrected chi connectivity index (χ3v) is 5.40. The topological polar surface area (TPSA) is 76.9 Å². The van der Waals surface area contributed by atoms with Gasteiger partial charge in [-0.3, -0.25) is 0 Å². The average molecular weight is 342 g/mol. The van der Waals surface area contributed by atoms with Crippen molar-refractivity contribution < 1.29 is 8.42 Å². The smallest absolute Gasteiger partial charge is 0.237 e. The summed E-state index contributed by atoms with van der Waals surface area (Å²) in [5, 5.41) is 4.17. The summed E-state index contributed by atoms with van der Waals surface area (Å²) in [5.74, 6) is 0.576. The van der Waals surface area contributed by atoms with E-state index in [-0.39, 0.29) is 10.9 Å². The van der Waals surface area contributed by atoms with Gasteiger partial charge in [0.15, 0.2) is 5.82 Å². The Labute approximate surface area is 141 Å². The van der Waals surface area contributed by atoms with Crippen molar-refractivity contribution >= 4 is 10.0 Å². The highest BCUT2D eigenvalue weighted by Crippen LogP contribution is 2.20. The molecule has 0 fully saturated rings. The van der Waals surface area contributed by atoms with Crippen molar-refractivity contribution in [1.82, 2.24) is 19.5 Å². The fraction of sp³-hybridized carbons (Fsp3) is 0.176. The first kappa shape index (κ1) is 16.4. The summed E-state index contributed by atoms with van der Waals surface area (Å²) in [5.41, 5.74) is 1.41. The Balaban J connectivity index is 1.90. The molecule has 7 heteroatoms. The van der Waals surface area contributed by atoms with Gasteiger partial charge in [-0.1, -0.05) is 36.4 Å². The molecular weight excluding hydrogens is 324 g/mol. The van der Waals surface area contributed by atoms with Crippen LogP contribution < -0.4 is 4.72 Å². The summed E-state index contributed by atoms with van der Waals surface area (Å²) < 4.78 is 29.6. The highest BCUT2D eigenvalue weighted by atomic mass is 32.2. The standard InChI is InChI=1S/C17H18N4O2S/c1-13(15-8-4-3-5-9-15)20-24(22,23)16-12-19-21(14(16)2)17-10-6-7-11-18-17/h3-13,20H,1-2H3. The maximum Gasteiger partial charge on any atom is 0.244 e. The highest BCUT2D eigenvalue weighted by Gasteiger charge is 2.24. The predicted octanol–water partition coefficient (Wildman–Crippen LogP) is 2.62. The van der Waals surface area contributed by atoms with Crippen molar-refractivity contribution in [3.05, 3.63) is 72.2 Å². The molecule has 124 valence electrons. The lowest BCUT2D eigenvalue weighted by molar-refractivity contribution is 0.566. The molecule has 0 bridgehead atoms. The number of rotatable bonds is 5. The van der Waals surface area contributed by atoms with Crippen LogP contribution in [0.25, 0.3) is 5.82 Å². The summed E-state index contributed by atoms with van der Waals surface area (Å²) in [4.78, 5) is 4.35. The van der Waals surface area contributed by atoms with Gasteiger partial charge in [0.2, 0.25) is 10.0 Å². The molecule has 3 aromatic rings. The molecule has 0 saturated heterocycles. The van der Waals surface area contributed by atoms with Crippen LogP contribution in [-0.2, 0) is 10.0 Å². The van der Waals surface area contributed by atoms with Crippen LogP contribution in [0.2, 0.25) is 0 Å². The average Bonchev–Trinajstić information content (AvgIpc) is 2.98. The molecule has 1 atom stereocenters. The summed E-state index contributed by atoms with van der Waals surface area (Å²) in [6, 6.07) is 14.5. The second-order valence-electron chi connectivity index (χ2n) is 5.45. The number of pyridine rings is 1. The lowest BCUT2D eigenvalue weighted by atomic mass is 10.1. The van der Waals surface area contributed by atoms with Crippen LogP contribution in [0.3, 0.4) is 0 Å². The monoisotopic (exact) mass is 342 g/mol. The lowest BCUT2D eigenvalue weighted by Crippen LogP contribution is -2.27. The molecule has 0 aliphatic heterocycles. The van der Waals surface area contributed by atoms with E-state index in [1.54, 1.807) is 25.3 Å². The van der Waals surface area contributed by atoms with Crippen LogP contribution >= 0.6 is 0 Å². The SMILES string of the molecule is Cc1c(S(=O)(=O)NC(C)c2ccccc2)cnn1-c1ccccn1. The summed E-state index contributed by atoms with van der Waals surface area (Å²) in [6.45, 7) is 3.52. The van der Waals surface area contributed by atoms with Crippen LogP contribution in [0.1, 0.15) is 24.2 Å². The van der Waals surface area contributed by atoms with E-state index >= 15 is 0 Å². The van der Waals surface area contributed by atoms with Crippen molar-refractivity contribution in [2.45, 2.75) is 24.8 Å². The normalized spacial score (nSPS) is 12.9. The highest BCUT2D eigenvalue weighted by molar-refractivity contribution is 7.89. The minimum Gasteiger partial charge on any atom is -0.237 e. The van der Waals surface area contributed by atoms with E-state index in [9.17, 15) is 8.42 Å². The van der Waals surface area contributed by atoms with Crippen molar-refractivity contribution in [1.29, 1.82) is 0 Å².